The Morgan fingerprint density at radius 1 is 1.06 bits per heavy atom. The van der Waals surface area contributed by atoms with E-state index < -0.39 is 28.4 Å². The van der Waals surface area contributed by atoms with E-state index in [1.807, 2.05) is 26.0 Å². The molecule has 0 unspecified atom stereocenters. The maximum atomic E-state index is 12.9. The molecule has 3 heterocycles. The fourth-order valence-corrected chi connectivity index (χ4v) is 3.72. The van der Waals surface area contributed by atoms with Gasteiger partial charge in [-0.15, -0.1) is 0 Å². The standard InChI is InChI=1S/C22H23N7O5/c1-4-28-20(32)18-19(26-22(28)34)29(15-10-13(3)12(2)9-14(15)24-18)8-6-23-17(31)11-27-7-5-16(30)25-21(27)33/h5,7,9-10H,4,6,8,11H2,1-3H3,(H,23,31)(H,25,30,33). The minimum Gasteiger partial charge on any atom is -0.353 e. The third kappa shape index (κ3) is 4.17. The summed E-state index contributed by atoms with van der Waals surface area (Å²) in [6.45, 7) is 5.79. The van der Waals surface area contributed by atoms with Crippen LogP contribution in [0.5, 0.6) is 0 Å². The number of amides is 1. The number of aromatic nitrogens is 6. The normalized spacial score (nSPS) is 11.3. The Morgan fingerprint density at radius 2 is 1.79 bits per heavy atom. The van der Waals surface area contributed by atoms with Crippen molar-refractivity contribution in [1.82, 2.24) is 34.0 Å². The summed E-state index contributed by atoms with van der Waals surface area (Å²) in [5.41, 5.74) is 0.879. The van der Waals surface area contributed by atoms with Crippen molar-refractivity contribution in [2.75, 3.05) is 6.54 Å². The Hall–Kier alpha value is -4.35. The molecule has 12 heteroatoms. The maximum Gasteiger partial charge on any atom is 0.352 e. The number of hydrogen-bond donors (Lipinski definition) is 2. The molecule has 2 aromatic rings. The van der Waals surface area contributed by atoms with Gasteiger partial charge in [0.2, 0.25) is 5.91 Å². The molecule has 0 radical (unpaired) electrons. The monoisotopic (exact) mass is 465 g/mol. The van der Waals surface area contributed by atoms with Gasteiger partial charge in [-0.25, -0.2) is 14.6 Å². The molecule has 0 saturated carbocycles. The van der Waals surface area contributed by atoms with Gasteiger partial charge in [0, 0.05) is 31.9 Å². The fourth-order valence-electron chi connectivity index (χ4n) is 3.72. The third-order valence-corrected chi connectivity index (χ3v) is 5.65. The van der Waals surface area contributed by atoms with Crippen molar-refractivity contribution in [3.63, 3.8) is 0 Å². The molecule has 2 N–H and O–H groups in total. The molecule has 0 spiro atoms. The molecule has 0 aliphatic carbocycles. The minimum absolute atomic E-state index is 0.0725. The maximum absolute atomic E-state index is 12.9. The Labute approximate surface area is 191 Å². The Morgan fingerprint density at radius 3 is 2.50 bits per heavy atom. The van der Waals surface area contributed by atoms with E-state index >= 15 is 0 Å². The van der Waals surface area contributed by atoms with Crippen LogP contribution in [0.3, 0.4) is 0 Å². The minimum atomic E-state index is -0.687. The van der Waals surface area contributed by atoms with Gasteiger partial charge in [0.05, 0.1) is 11.0 Å². The highest BCUT2D eigenvalue weighted by molar-refractivity contribution is 5.81. The molecule has 2 aliphatic rings. The molecule has 34 heavy (non-hydrogen) atoms. The quantitative estimate of drug-likeness (QED) is 0.359. The first-order valence-electron chi connectivity index (χ1n) is 10.7. The topological polar surface area (TPSA) is 154 Å². The van der Waals surface area contributed by atoms with Crippen molar-refractivity contribution in [3.05, 3.63) is 77.2 Å². The summed E-state index contributed by atoms with van der Waals surface area (Å²) in [4.78, 5) is 71.3. The average Bonchev–Trinajstić information content (AvgIpc) is 2.77. The second-order valence-corrected chi connectivity index (χ2v) is 7.89. The van der Waals surface area contributed by atoms with Crippen molar-refractivity contribution in [1.29, 1.82) is 0 Å². The lowest BCUT2D eigenvalue weighted by molar-refractivity contribution is -0.121. The van der Waals surface area contributed by atoms with E-state index in [4.69, 9.17) is 0 Å². The summed E-state index contributed by atoms with van der Waals surface area (Å²) in [7, 11) is 0. The van der Waals surface area contributed by atoms with Crippen LogP contribution in [0.1, 0.15) is 18.1 Å². The van der Waals surface area contributed by atoms with Crippen molar-refractivity contribution < 1.29 is 4.79 Å². The van der Waals surface area contributed by atoms with Gasteiger partial charge < -0.3 is 9.88 Å². The summed E-state index contributed by atoms with van der Waals surface area (Å²) < 4.78 is 3.79. The summed E-state index contributed by atoms with van der Waals surface area (Å²) in [5.74, 6) is -0.309. The predicted molar refractivity (Wildman–Crippen MR) is 124 cm³/mol. The van der Waals surface area contributed by atoms with Gasteiger partial charge in [-0.2, -0.15) is 4.98 Å². The van der Waals surface area contributed by atoms with Crippen LogP contribution in [-0.2, 0) is 24.4 Å². The molecule has 2 aliphatic heterocycles. The average molecular weight is 465 g/mol. The zero-order chi connectivity index (χ0) is 24.6. The van der Waals surface area contributed by atoms with E-state index in [9.17, 15) is 24.0 Å². The number of benzene rings is 1. The van der Waals surface area contributed by atoms with Gasteiger partial charge >= 0.3 is 11.4 Å². The smallest absolute Gasteiger partial charge is 0.352 e. The molecule has 0 atom stereocenters. The first-order valence-corrected chi connectivity index (χ1v) is 10.7. The first kappa shape index (κ1) is 22.8. The second-order valence-electron chi connectivity index (χ2n) is 7.89. The number of carbonyl (C=O) groups excluding carboxylic acids is 1. The lowest BCUT2D eigenvalue weighted by atomic mass is 10.1. The zero-order valence-corrected chi connectivity index (χ0v) is 18.9. The SMILES string of the molecule is CCn1c(=O)nc2n(CCNC(=O)Cn3ccc(=O)[nH]c3=O)c3cc(C)c(C)cc3nc-2c1=O. The number of H-pyrrole nitrogens is 1. The second kappa shape index (κ2) is 8.89. The van der Waals surface area contributed by atoms with Crippen molar-refractivity contribution in [3.8, 4) is 11.5 Å². The number of carbonyl (C=O) groups is 1. The number of fused-ring (bicyclic) bond motifs is 2. The van der Waals surface area contributed by atoms with E-state index in [0.717, 1.165) is 26.3 Å². The Balaban J connectivity index is 1.70. The van der Waals surface area contributed by atoms with Crippen LogP contribution in [0.4, 0.5) is 0 Å². The van der Waals surface area contributed by atoms with Crippen molar-refractivity contribution in [2.24, 2.45) is 0 Å². The molecule has 1 aromatic carbocycles. The number of hydrogen-bond acceptors (Lipinski definition) is 7. The van der Waals surface area contributed by atoms with Crippen LogP contribution < -0.4 is 27.8 Å². The lowest BCUT2D eigenvalue weighted by Gasteiger charge is -2.19. The Kier molecular flexibility index (Phi) is 5.97. The van der Waals surface area contributed by atoms with Crippen LogP contribution in [0.15, 0.2) is 43.6 Å². The molecule has 12 nitrogen and oxygen atoms in total. The van der Waals surface area contributed by atoms with E-state index in [1.54, 1.807) is 11.5 Å². The molecule has 1 amide bonds. The van der Waals surface area contributed by atoms with Crippen LogP contribution in [0.25, 0.3) is 22.6 Å². The van der Waals surface area contributed by atoms with E-state index in [1.165, 1.54) is 6.20 Å². The highest BCUT2D eigenvalue weighted by Gasteiger charge is 2.21. The largest absolute Gasteiger partial charge is 0.353 e. The number of nitrogens with zero attached hydrogens (tertiary/aromatic N) is 5. The zero-order valence-electron chi connectivity index (χ0n) is 18.9. The summed E-state index contributed by atoms with van der Waals surface area (Å²) in [5, 5.41) is 2.71. The number of aryl methyl sites for hydroxylation is 2. The summed E-state index contributed by atoms with van der Waals surface area (Å²) >= 11 is 0. The van der Waals surface area contributed by atoms with Crippen LogP contribution in [0, 0.1) is 13.8 Å². The molecule has 0 saturated heterocycles. The van der Waals surface area contributed by atoms with Gasteiger partial charge in [-0.1, -0.05) is 0 Å². The molecule has 0 fully saturated rings. The summed E-state index contributed by atoms with van der Waals surface area (Å²) in [6.07, 6.45) is 1.24. The van der Waals surface area contributed by atoms with E-state index in [-0.39, 0.29) is 37.7 Å². The fraction of sp³-hybridized carbons (Fsp3) is 0.318. The van der Waals surface area contributed by atoms with Gasteiger partial charge in [-0.05, 0) is 44.0 Å². The van der Waals surface area contributed by atoms with Gasteiger partial charge in [0.1, 0.15) is 6.54 Å². The lowest BCUT2D eigenvalue weighted by Crippen LogP contribution is -2.39. The van der Waals surface area contributed by atoms with Gasteiger partial charge in [0.15, 0.2) is 11.5 Å². The molecule has 0 bridgehead atoms. The number of nitrogens with one attached hydrogen (secondary N) is 2. The first-order chi connectivity index (χ1) is 16.2. The van der Waals surface area contributed by atoms with Gasteiger partial charge in [0.25, 0.3) is 11.1 Å². The molecule has 176 valence electrons. The highest BCUT2D eigenvalue weighted by atomic mass is 16.2. The van der Waals surface area contributed by atoms with Crippen molar-refractivity contribution >= 4 is 16.9 Å². The van der Waals surface area contributed by atoms with Crippen LogP contribution in [-0.4, -0.2) is 41.1 Å². The predicted octanol–water partition coefficient (Wildman–Crippen LogP) is -0.639. The molecular weight excluding hydrogens is 442 g/mol. The van der Waals surface area contributed by atoms with Crippen LogP contribution in [0.2, 0.25) is 0 Å². The van der Waals surface area contributed by atoms with E-state index in [0.29, 0.717) is 11.0 Å². The summed E-state index contributed by atoms with van der Waals surface area (Å²) in [6, 6.07) is 4.91. The van der Waals surface area contributed by atoms with Crippen LogP contribution >= 0.6 is 0 Å². The number of rotatable bonds is 6. The third-order valence-electron chi connectivity index (χ3n) is 5.65. The van der Waals surface area contributed by atoms with E-state index in [2.05, 4.69) is 20.3 Å². The molecular formula is C22H23N7O5. The molecule has 4 rings (SSSR count). The Bertz CT molecular complexity index is 1630. The van der Waals surface area contributed by atoms with Crippen molar-refractivity contribution in [2.45, 2.75) is 40.4 Å². The highest BCUT2D eigenvalue weighted by Crippen LogP contribution is 2.23. The molecule has 1 aromatic heterocycles. The van der Waals surface area contributed by atoms with Gasteiger partial charge in [-0.3, -0.25) is 28.5 Å². The number of aromatic amines is 1.